The van der Waals surface area contributed by atoms with Gasteiger partial charge in [0.1, 0.15) is 5.69 Å². The first kappa shape index (κ1) is 28.5. The van der Waals surface area contributed by atoms with Crippen molar-refractivity contribution >= 4 is 33.7 Å². The first-order valence-electron chi connectivity index (χ1n) is 12.8. The van der Waals surface area contributed by atoms with Crippen molar-refractivity contribution in [2.24, 2.45) is 5.14 Å². The van der Waals surface area contributed by atoms with E-state index >= 15 is 0 Å². The second-order valence-corrected chi connectivity index (χ2v) is 11.9. The van der Waals surface area contributed by atoms with Crippen LogP contribution in [-0.2, 0) is 23.1 Å². The van der Waals surface area contributed by atoms with Crippen LogP contribution in [0.5, 0.6) is 0 Å². The lowest BCUT2D eigenvalue weighted by Crippen LogP contribution is -2.48. The molecule has 1 saturated heterocycles. The number of nitrogens with zero attached hydrogens (tertiary/aromatic N) is 3. The highest BCUT2D eigenvalue weighted by molar-refractivity contribution is 7.80. The van der Waals surface area contributed by atoms with Crippen molar-refractivity contribution in [2.45, 2.75) is 32.7 Å². The van der Waals surface area contributed by atoms with E-state index in [1.807, 2.05) is 53.1 Å². The maximum absolute atomic E-state index is 12.7. The van der Waals surface area contributed by atoms with Gasteiger partial charge in [0.25, 0.3) is 0 Å². The molecular formula is C30H36N4O4S. The molecule has 8 nitrogen and oxygen atoms in total. The first-order valence-corrected chi connectivity index (χ1v) is 14.0. The van der Waals surface area contributed by atoms with Crippen molar-refractivity contribution in [3.8, 4) is 11.1 Å². The lowest BCUT2D eigenvalue weighted by molar-refractivity contribution is 0.0687. The summed E-state index contributed by atoms with van der Waals surface area (Å²) in [6, 6.07) is 24.4. The predicted molar refractivity (Wildman–Crippen MR) is 158 cm³/mol. The zero-order chi connectivity index (χ0) is 27.0. The zero-order valence-corrected chi connectivity index (χ0v) is 23.4. The van der Waals surface area contributed by atoms with Crippen LogP contribution in [0, 0.1) is 0 Å². The Morgan fingerprint density at radius 2 is 1.62 bits per heavy atom. The summed E-state index contributed by atoms with van der Waals surface area (Å²) in [6.07, 6.45) is 0. The fourth-order valence-corrected chi connectivity index (χ4v) is 5.80. The first-order chi connectivity index (χ1) is 18.1. The van der Waals surface area contributed by atoms with E-state index in [2.05, 4.69) is 49.9 Å². The molecule has 1 fully saturated rings. The minimum atomic E-state index is -1.45. The van der Waals surface area contributed by atoms with Gasteiger partial charge in [-0.15, -0.1) is 0 Å². The summed E-state index contributed by atoms with van der Waals surface area (Å²) < 4.78 is 15.3. The molecule has 0 saturated carbocycles. The zero-order valence-electron chi connectivity index (χ0n) is 22.6. The molecule has 0 bridgehead atoms. The normalized spacial score (nSPS) is 15.2. The van der Waals surface area contributed by atoms with E-state index in [9.17, 15) is 14.1 Å². The predicted octanol–water partition coefficient (Wildman–Crippen LogP) is 4.19. The largest absolute Gasteiger partial charge is 0.477 e. The van der Waals surface area contributed by atoms with Crippen LogP contribution in [0.15, 0.2) is 72.8 Å². The van der Waals surface area contributed by atoms with E-state index < -0.39 is 17.1 Å². The van der Waals surface area contributed by atoms with Crippen LogP contribution in [0.3, 0.4) is 0 Å². The van der Waals surface area contributed by atoms with E-state index in [4.69, 9.17) is 5.14 Å². The Kier molecular flexibility index (Phi) is 8.27. The number of para-hydroxylation sites is 1. The van der Waals surface area contributed by atoms with Gasteiger partial charge in [-0.3, -0.25) is 0 Å². The molecule has 4 aromatic rings. The summed E-state index contributed by atoms with van der Waals surface area (Å²) in [7, 11) is 0. The van der Waals surface area contributed by atoms with Gasteiger partial charge in [-0.05, 0) is 40.3 Å². The van der Waals surface area contributed by atoms with Crippen LogP contribution in [-0.4, -0.2) is 55.8 Å². The molecule has 1 aliphatic heterocycles. The Balaban J connectivity index is 0.00000353. The van der Waals surface area contributed by atoms with Gasteiger partial charge in [-0.25, -0.2) is 18.4 Å². The van der Waals surface area contributed by atoms with Gasteiger partial charge in [0.15, 0.2) is 11.2 Å². The molecule has 0 spiro atoms. The Hall–Kier alpha value is -3.50. The van der Waals surface area contributed by atoms with Crippen LogP contribution in [0.4, 0.5) is 5.69 Å². The number of carboxylic acid groups (broad SMARTS) is 1. The maximum Gasteiger partial charge on any atom is 0.353 e. The molecule has 5 rings (SSSR count). The minimum absolute atomic E-state index is 0. The quantitative estimate of drug-likeness (QED) is 0.375. The summed E-state index contributed by atoms with van der Waals surface area (Å²) in [5.74, 6) is -0.946. The molecular weight excluding hydrogens is 512 g/mol. The third-order valence-corrected chi connectivity index (χ3v) is 8.20. The molecule has 1 unspecified atom stereocenters. The Morgan fingerprint density at radius 3 is 2.23 bits per heavy atom. The molecule has 0 amide bonds. The number of carbonyl (C=O) groups is 1. The topological polar surface area (TPSA) is 123 Å². The van der Waals surface area contributed by atoms with Crippen LogP contribution in [0.2, 0.25) is 0 Å². The third kappa shape index (κ3) is 5.77. The van der Waals surface area contributed by atoms with E-state index in [-0.39, 0.29) is 10.9 Å². The van der Waals surface area contributed by atoms with Crippen molar-refractivity contribution in [1.29, 1.82) is 0 Å². The number of piperazine rings is 1. The number of hydrogen-bond acceptors (Lipinski definition) is 3. The molecule has 1 aromatic heterocycles. The fourth-order valence-electron chi connectivity index (χ4n) is 5.28. The molecule has 9 heteroatoms. The van der Waals surface area contributed by atoms with E-state index in [0.29, 0.717) is 25.3 Å². The average Bonchev–Trinajstić information content (AvgIpc) is 3.23. The van der Waals surface area contributed by atoms with Crippen LogP contribution in [0.1, 0.15) is 42.4 Å². The summed E-state index contributed by atoms with van der Waals surface area (Å²) in [6.45, 7) is 9.67. The second kappa shape index (κ2) is 11.3. The lowest BCUT2D eigenvalue weighted by atomic mass is 9.86. The van der Waals surface area contributed by atoms with Gasteiger partial charge >= 0.3 is 5.97 Å². The fraction of sp³-hybridized carbons (Fsp3) is 0.300. The summed E-state index contributed by atoms with van der Waals surface area (Å²) in [5.41, 5.74) is 6.13. The van der Waals surface area contributed by atoms with E-state index in [0.717, 1.165) is 46.4 Å². The number of aromatic carboxylic acids is 1. The van der Waals surface area contributed by atoms with Crippen LogP contribution >= 0.6 is 0 Å². The van der Waals surface area contributed by atoms with Crippen molar-refractivity contribution in [2.75, 3.05) is 31.1 Å². The summed E-state index contributed by atoms with van der Waals surface area (Å²) in [4.78, 5) is 15.0. The van der Waals surface area contributed by atoms with Gasteiger partial charge in [-0.2, -0.15) is 0 Å². The molecule has 3 aromatic carbocycles. The van der Waals surface area contributed by atoms with Crippen molar-refractivity contribution in [1.82, 2.24) is 8.87 Å². The Morgan fingerprint density at radius 1 is 0.949 bits per heavy atom. The van der Waals surface area contributed by atoms with Gasteiger partial charge in [0.2, 0.25) is 0 Å². The Bertz CT molecular complexity index is 1500. The van der Waals surface area contributed by atoms with Gasteiger partial charge < -0.3 is 20.0 Å². The molecule has 1 aliphatic rings. The maximum atomic E-state index is 12.7. The molecule has 5 N–H and O–H groups in total. The van der Waals surface area contributed by atoms with Crippen LogP contribution in [0.25, 0.3) is 22.0 Å². The summed E-state index contributed by atoms with van der Waals surface area (Å²) >= 11 is -1.45. The van der Waals surface area contributed by atoms with E-state index in [1.165, 1.54) is 5.56 Å². The van der Waals surface area contributed by atoms with Gasteiger partial charge in [0.05, 0.1) is 0 Å². The number of fused-ring (bicyclic) bond motifs is 1. The number of nitrogens with two attached hydrogens (primary N) is 1. The minimum Gasteiger partial charge on any atom is -0.477 e. The SMILES string of the molecule is CC(C)(C)c1ccc(-c2c(C(=O)O)n(Cc3cccc(N4CCN(S(N)=O)CC4)c3)c3ccccc23)cc1.O. The number of rotatable bonds is 6. The standard InChI is InChI=1S/C30H34N4O3S.H2O/c1-30(2,3)23-13-11-22(12-14-23)27-25-9-4-5-10-26(25)34(28(27)29(35)36)20-21-7-6-8-24(19-21)32-15-17-33(18-16-32)38(31)37;/h4-14,19H,15-18,20,31H2,1-3H3,(H,35,36);1H2. The number of benzene rings is 3. The Labute approximate surface area is 231 Å². The van der Waals surface area contributed by atoms with Gasteiger partial charge in [0, 0.05) is 54.9 Å². The smallest absolute Gasteiger partial charge is 0.353 e. The average molecular weight is 549 g/mol. The van der Waals surface area contributed by atoms with E-state index in [1.54, 1.807) is 4.31 Å². The molecule has 0 radical (unpaired) electrons. The van der Waals surface area contributed by atoms with Crippen LogP contribution < -0.4 is 10.0 Å². The second-order valence-electron chi connectivity index (χ2n) is 10.8. The van der Waals surface area contributed by atoms with Crippen molar-refractivity contribution < 1.29 is 19.6 Å². The summed E-state index contributed by atoms with van der Waals surface area (Å²) in [5, 5.41) is 16.9. The van der Waals surface area contributed by atoms with Crippen molar-refractivity contribution in [3.63, 3.8) is 0 Å². The van der Waals surface area contributed by atoms with Crippen molar-refractivity contribution in [3.05, 3.63) is 89.6 Å². The number of carboxylic acids is 1. The molecule has 39 heavy (non-hydrogen) atoms. The highest BCUT2D eigenvalue weighted by atomic mass is 32.2. The molecule has 0 aliphatic carbocycles. The monoisotopic (exact) mass is 548 g/mol. The highest BCUT2D eigenvalue weighted by Crippen LogP contribution is 2.37. The third-order valence-electron chi connectivity index (χ3n) is 7.32. The number of aromatic nitrogens is 1. The molecule has 1 atom stereocenters. The number of anilines is 1. The molecule has 206 valence electrons. The highest BCUT2D eigenvalue weighted by Gasteiger charge is 2.25. The van der Waals surface area contributed by atoms with Gasteiger partial charge in [-0.1, -0.05) is 75.4 Å². The lowest BCUT2D eigenvalue weighted by Gasteiger charge is -2.34. The number of hydrogen-bond donors (Lipinski definition) is 2. The molecule has 2 heterocycles.